The Morgan fingerprint density at radius 2 is 0.265 bits per heavy atom. The summed E-state index contributed by atoms with van der Waals surface area (Å²) in [5, 5.41) is 0. The fraction of sp³-hybridized carbons (Fsp3) is 0.0769. The number of para-hydroxylation sites is 16. The van der Waals surface area contributed by atoms with E-state index in [1.54, 1.807) is 146 Å². The van der Waals surface area contributed by atoms with Crippen molar-refractivity contribution in [2.45, 2.75) is 91.2 Å². The third kappa shape index (κ3) is 14.5. The number of rotatable bonds is 12. The molecule has 0 fully saturated rings. The molecule has 16 aromatic carbocycles. The summed E-state index contributed by atoms with van der Waals surface area (Å²) in [4.78, 5) is 25.7. The van der Waals surface area contributed by atoms with Crippen molar-refractivity contribution in [1.82, 2.24) is 0 Å². The average molecular weight is 1890 g/mol. The van der Waals surface area contributed by atoms with Gasteiger partial charge in [0.15, 0.2) is 0 Å². The van der Waals surface area contributed by atoms with Crippen molar-refractivity contribution in [3.8, 4) is 0 Å². The summed E-state index contributed by atoms with van der Waals surface area (Å²) in [6.45, 7) is 3.45. The first-order valence-electron chi connectivity index (χ1n) is 42.6. The lowest BCUT2D eigenvalue weighted by Gasteiger charge is -2.40. The van der Waals surface area contributed by atoms with Crippen molar-refractivity contribution >= 4 is 174 Å². The molecule has 0 saturated heterocycles. The normalized spacial score (nSPS) is 15.9. The van der Waals surface area contributed by atoms with Gasteiger partial charge in [0.05, 0.1) is 213 Å². The van der Waals surface area contributed by atoms with Gasteiger partial charge in [0.2, 0.25) is 39.3 Å². The first-order chi connectivity index (χ1) is 64.3. The molecule has 20 nitrogen and oxygen atoms in total. The van der Waals surface area contributed by atoms with Crippen molar-refractivity contribution in [3.63, 3.8) is 0 Å². The van der Waals surface area contributed by atoms with Gasteiger partial charge in [-0.25, -0.2) is 50.5 Å². The number of hydrogen-bond donors (Lipinski definition) is 0. The predicted molar refractivity (Wildman–Crippen MR) is 519 cm³/mol. The van der Waals surface area contributed by atoms with E-state index in [0.29, 0.717) is 91.3 Å². The maximum Gasteiger partial charge on any atom is 0.210 e. The molecular formula is C104H80N8O12S8. The van der Waals surface area contributed by atoms with Crippen LogP contribution in [0.5, 0.6) is 0 Å². The monoisotopic (exact) mass is 1890 g/mol. The second kappa shape index (κ2) is 34.6. The van der Waals surface area contributed by atoms with Crippen LogP contribution in [0.25, 0.3) is 0 Å². The highest BCUT2D eigenvalue weighted by Gasteiger charge is 2.42. The molecule has 28 heteroatoms. The lowest BCUT2D eigenvalue weighted by atomic mass is 10.2. The Labute approximate surface area is 775 Å². The topological polar surface area (TPSA) is 231 Å². The van der Waals surface area contributed by atoms with Crippen LogP contribution in [0, 0.1) is 0 Å². The van der Waals surface area contributed by atoms with Crippen molar-refractivity contribution < 1.29 is 50.5 Å². The molecule has 0 bridgehead atoms. The maximum absolute atomic E-state index is 13.3. The molecule has 16 aromatic rings. The van der Waals surface area contributed by atoms with Gasteiger partial charge in [-0.2, -0.15) is 0 Å². The van der Waals surface area contributed by atoms with Gasteiger partial charge in [-0.1, -0.05) is 194 Å². The van der Waals surface area contributed by atoms with Crippen molar-refractivity contribution in [2.24, 2.45) is 0 Å². The summed E-state index contributed by atoms with van der Waals surface area (Å²) < 4.78 is 159. The van der Waals surface area contributed by atoms with Crippen LogP contribution in [0.2, 0.25) is 0 Å². The second-order valence-electron chi connectivity index (χ2n) is 31.9. The second-order valence-corrected chi connectivity index (χ2v) is 45.1. The van der Waals surface area contributed by atoms with Gasteiger partial charge >= 0.3 is 0 Å². The Morgan fingerprint density at radius 1 is 0.152 bits per heavy atom. The van der Waals surface area contributed by atoms with Crippen LogP contribution in [0.1, 0.15) is 12.8 Å². The summed E-state index contributed by atoms with van der Waals surface area (Å²) >= 11 is 0. The molecule has 8 heterocycles. The smallest absolute Gasteiger partial charge is 0.210 e. The van der Waals surface area contributed by atoms with Crippen molar-refractivity contribution in [3.05, 3.63) is 388 Å². The number of nitrogens with zero attached hydrogens (tertiary/aromatic N) is 8. The molecule has 132 heavy (non-hydrogen) atoms. The molecule has 0 radical (unpaired) electrons. The van der Waals surface area contributed by atoms with E-state index < -0.39 is 82.5 Å². The maximum atomic E-state index is 13.3. The summed E-state index contributed by atoms with van der Waals surface area (Å²) in [7, 11) is -19.3. The quantitative estimate of drug-likeness (QED) is 0.111. The van der Waals surface area contributed by atoms with Gasteiger partial charge < -0.3 is 39.2 Å². The molecule has 8 aliphatic heterocycles. The standard InChI is InChI=1S/C27H22N2O4S2.C27H22N2O2S2.C25H18N2O4S2.C25H18N2O2S2/c30-34(31)24-14-5-1-10-20(24)28(21-11-2-6-15-25(21)34)18-9-19-29-22-12-3-7-16-26(22)35(32,33)27-17-8-4-13-23(27)29;30-32-24-14-5-1-10-20(24)28(21-11-2-6-15-25(21)32)18-9-19-29-22-12-3-7-16-26(22)33(31)27-17-8-4-13-23(27)29;28-32(29)22-13-5-1-9-18(22)26(19-10-2-6-14-23(19)32)17-27-20-11-3-7-15-24(20)33(30,31)25-16-8-4-12-21(25)27;28-30-22-13-5-1-9-18(22)26(19-10-2-6-14-23(19)30)17-27-20-11-3-7-15-24(20)31(29)25-16-8-4-12-21(25)27/h1-8,10-17H,9,18-19H2;1-8,10-17H,9,18-19H2;1-16H,17H2;1-16H,17H2. The van der Waals surface area contributed by atoms with Crippen LogP contribution in [0.15, 0.2) is 467 Å². The molecule has 0 atom stereocenters. The molecule has 656 valence electrons. The molecule has 0 aliphatic carbocycles. The lowest BCUT2D eigenvalue weighted by Crippen LogP contribution is -2.38. The zero-order valence-corrected chi connectivity index (χ0v) is 76.9. The number of fused-ring (bicyclic) bond motifs is 16. The molecule has 0 aromatic heterocycles. The van der Waals surface area contributed by atoms with E-state index in [1.165, 1.54) is 0 Å². The molecule has 0 N–H and O–H groups in total. The molecular weight excluding hydrogens is 1810 g/mol. The SMILES string of the molecule is O=S1(=O)c2ccccc2N(CCCN2c3ccccc3S(=O)(=O)c3ccccc32)c2ccccc21.O=S1(=O)c2ccccc2N(CN2c3ccccc3S(=O)(=O)c3ccccc32)c2ccccc21.O=S1c2ccccc2N(CCCN2c3ccccc3S(=O)c3ccccc32)c2ccccc21.O=S1c2ccccc2N(CN2c3ccccc3S(=O)c3ccccc32)c2ccccc21. The fourth-order valence-electron chi connectivity index (χ4n) is 18.6. The molecule has 0 amide bonds. The summed E-state index contributed by atoms with van der Waals surface area (Å²) in [5.74, 6) is 0. The van der Waals surface area contributed by atoms with Gasteiger partial charge in [0.25, 0.3) is 0 Å². The highest BCUT2D eigenvalue weighted by atomic mass is 32.2. The number of benzene rings is 16. The molecule has 24 rings (SSSR count). The minimum atomic E-state index is -3.67. The van der Waals surface area contributed by atoms with E-state index in [2.05, 4.69) is 43.9 Å². The Hall–Kier alpha value is -13.7. The Balaban J connectivity index is 0.000000106. The average Bonchev–Trinajstić information content (AvgIpc) is 0.757. The third-order valence-electron chi connectivity index (χ3n) is 24.5. The Bertz CT molecular complexity index is 7110. The van der Waals surface area contributed by atoms with Crippen molar-refractivity contribution in [1.29, 1.82) is 0 Å². The molecule has 0 spiro atoms. The zero-order valence-electron chi connectivity index (χ0n) is 70.3. The fourth-order valence-corrected chi connectivity index (χ4v) is 30.7. The molecule has 0 saturated carbocycles. The third-order valence-corrected chi connectivity index (χ3v) is 37.9. The minimum Gasteiger partial charge on any atom is -0.339 e. The largest absolute Gasteiger partial charge is 0.339 e. The van der Waals surface area contributed by atoms with E-state index >= 15 is 0 Å². The molecule has 0 unspecified atom stereocenters. The van der Waals surface area contributed by atoms with Crippen molar-refractivity contribution in [2.75, 3.05) is 78.7 Å². The van der Waals surface area contributed by atoms with Gasteiger partial charge in [-0.05, 0) is 207 Å². The minimum absolute atomic E-state index is 0.229. The van der Waals surface area contributed by atoms with Crippen LogP contribution in [0.3, 0.4) is 0 Å². The first-order valence-corrected chi connectivity index (χ1v) is 53.1. The van der Waals surface area contributed by atoms with E-state index in [-0.39, 0.29) is 26.3 Å². The van der Waals surface area contributed by atoms with E-state index in [1.807, 2.05) is 238 Å². The predicted octanol–water partition coefficient (Wildman–Crippen LogP) is 21.9. The van der Waals surface area contributed by atoms with Gasteiger partial charge in [-0.3, -0.25) is 0 Å². The van der Waals surface area contributed by atoms with Gasteiger partial charge in [0, 0.05) is 26.2 Å². The summed E-state index contributed by atoms with van der Waals surface area (Å²) in [6.07, 6.45) is 1.55. The first kappa shape index (κ1) is 85.1. The van der Waals surface area contributed by atoms with Gasteiger partial charge in [-0.15, -0.1) is 0 Å². The Kier molecular flexibility index (Phi) is 22.3. The van der Waals surface area contributed by atoms with Crippen LogP contribution in [-0.2, 0) is 82.5 Å². The van der Waals surface area contributed by atoms with Crippen LogP contribution >= 0.6 is 0 Å². The zero-order chi connectivity index (χ0) is 90.3. The Morgan fingerprint density at radius 3 is 0.432 bits per heavy atom. The summed E-state index contributed by atoms with van der Waals surface area (Å²) in [6, 6.07) is 119. The number of anilines is 16. The summed E-state index contributed by atoms with van der Waals surface area (Å²) in [5.41, 5.74) is 12.6. The number of hydrogen-bond acceptors (Lipinski definition) is 20. The van der Waals surface area contributed by atoms with Crippen LogP contribution in [0.4, 0.5) is 91.0 Å². The lowest BCUT2D eigenvalue weighted by molar-refractivity contribution is 0.590. The highest BCUT2D eigenvalue weighted by molar-refractivity contribution is 7.93. The highest BCUT2D eigenvalue weighted by Crippen LogP contribution is 2.54. The van der Waals surface area contributed by atoms with E-state index in [9.17, 15) is 50.5 Å². The van der Waals surface area contributed by atoms with E-state index in [4.69, 9.17) is 0 Å². The van der Waals surface area contributed by atoms with Crippen LogP contribution < -0.4 is 39.2 Å². The van der Waals surface area contributed by atoms with Gasteiger partial charge in [0.1, 0.15) is 13.3 Å². The van der Waals surface area contributed by atoms with E-state index in [0.717, 1.165) is 104 Å². The molecule has 8 aliphatic rings. The number of sulfone groups is 4. The van der Waals surface area contributed by atoms with Crippen LogP contribution in [-0.4, -0.2) is 90.0 Å².